The summed E-state index contributed by atoms with van der Waals surface area (Å²) in [6.07, 6.45) is 18.8. The number of aliphatic hydroxyl groups excluding tert-OH is 1. The lowest BCUT2D eigenvalue weighted by atomic mass is 10.0. The molecular weight excluding hydrogens is 272 g/mol. The Kier molecular flexibility index (Phi) is 13.1. The number of nitrogens with one attached hydrogen (secondary N) is 1. The second-order valence-corrected chi connectivity index (χ2v) is 6.91. The van der Waals surface area contributed by atoms with Gasteiger partial charge in [-0.1, -0.05) is 84.0 Å². The lowest BCUT2D eigenvalue weighted by Gasteiger charge is -2.22. The van der Waals surface area contributed by atoms with Gasteiger partial charge >= 0.3 is 0 Å². The molecule has 2 N–H and O–H groups in total. The lowest BCUT2D eigenvalue weighted by Crippen LogP contribution is -2.37. The van der Waals surface area contributed by atoms with Crippen LogP contribution in [0.5, 0.6) is 0 Å². The Bertz CT molecular complexity index is 235. The largest absolute Gasteiger partial charge is 0.395 e. The maximum atomic E-state index is 9.05. The van der Waals surface area contributed by atoms with Gasteiger partial charge in [-0.25, -0.2) is 0 Å². The van der Waals surface area contributed by atoms with Crippen molar-refractivity contribution in [1.29, 1.82) is 0 Å². The zero-order valence-corrected chi connectivity index (χ0v) is 15.0. The molecule has 0 aromatic heterocycles. The highest BCUT2D eigenvalue weighted by molar-refractivity contribution is 4.77. The predicted octanol–water partition coefficient (Wildman–Crippen LogP) is 4.30. The number of rotatable bonds is 15. The quantitative estimate of drug-likeness (QED) is 0.443. The summed E-state index contributed by atoms with van der Waals surface area (Å²) in [4.78, 5) is 2.39. The first-order chi connectivity index (χ1) is 10.9. The van der Waals surface area contributed by atoms with Crippen LogP contribution in [0.1, 0.15) is 90.4 Å². The van der Waals surface area contributed by atoms with Crippen LogP contribution in [0.3, 0.4) is 0 Å². The number of unbranched alkanes of at least 4 members (excludes halogenated alkanes) is 11. The molecule has 3 heteroatoms. The van der Waals surface area contributed by atoms with Crippen LogP contribution in [-0.4, -0.2) is 42.4 Å². The van der Waals surface area contributed by atoms with Crippen molar-refractivity contribution >= 4 is 0 Å². The van der Waals surface area contributed by atoms with Crippen LogP contribution in [0.25, 0.3) is 0 Å². The molecule has 0 aromatic carbocycles. The van der Waals surface area contributed by atoms with E-state index in [1.54, 1.807) is 0 Å². The smallest absolute Gasteiger partial charge is 0.0598 e. The topological polar surface area (TPSA) is 35.5 Å². The van der Waals surface area contributed by atoms with Gasteiger partial charge in [-0.05, 0) is 6.42 Å². The SMILES string of the molecule is CCCCCCCCCCCCCCC1NCCN1CCO. The van der Waals surface area contributed by atoms with Gasteiger partial charge in [0.15, 0.2) is 0 Å². The maximum absolute atomic E-state index is 9.05. The zero-order valence-electron chi connectivity index (χ0n) is 15.0. The molecular formula is C19H40N2O. The molecule has 1 unspecified atom stereocenters. The Hall–Kier alpha value is -0.120. The van der Waals surface area contributed by atoms with E-state index in [-0.39, 0.29) is 6.61 Å². The second-order valence-electron chi connectivity index (χ2n) is 6.91. The van der Waals surface area contributed by atoms with Gasteiger partial charge in [0.1, 0.15) is 0 Å². The van der Waals surface area contributed by atoms with Gasteiger partial charge in [0.25, 0.3) is 0 Å². The predicted molar refractivity (Wildman–Crippen MR) is 96.1 cm³/mol. The summed E-state index contributed by atoms with van der Waals surface area (Å²) in [5.41, 5.74) is 0. The molecule has 0 radical (unpaired) electrons. The zero-order chi connectivity index (χ0) is 15.9. The number of nitrogens with zero attached hydrogens (tertiary/aromatic N) is 1. The minimum absolute atomic E-state index is 0.288. The van der Waals surface area contributed by atoms with E-state index < -0.39 is 0 Å². The molecule has 0 bridgehead atoms. The molecule has 0 aromatic rings. The first-order valence-electron chi connectivity index (χ1n) is 9.96. The van der Waals surface area contributed by atoms with E-state index in [1.807, 2.05) is 0 Å². The third kappa shape index (κ3) is 9.81. The Balaban J connectivity index is 1.80. The highest BCUT2D eigenvalue weighted by Gasteiger charge is 2.22. The molecule has 22 heavy (non-hydrogen) atoms. The normalized spacial score (nSPS) is 19.1. The fourth-order valence-electron chi connectivity index (χ4n) is 3.52. The van der Waals surface area contributed by atoms with Gasteiger partial charge in [-0.3, -0.25) is 4.90 Å². The summed E-state index contributed by atoms with van der Waals surface area (Å²) in [7, 11) is 0. The molecule has 1 saturated heterocycles. The van der Waals surface area contributed by atoms with Crippen LogP contribution in [0.15, 0.2) is 0 Å². The fourth-order valence-corrected chi connectivity index (χ4v) is 3.52. The molecule has 0 aliphatic carbocycles. The van der Waals surface area contributed by atoms with Crippen molar-refractivity contribution in [3.05, 3.63) is 0 Å². The Morgan fingerprint density at radius 3 is 1.95 bits per heavy atom. The van der Waals surface area contributed by atoms with Crippen LogP contribution in [0.4, 0.5) is 0 Å². The van der Waals surface area contributed by atoms with Crippen LogP contribution >= 0.6 is 0 Å². The Morgan fingerprint density at radius 2 is 1.41 bits per heavy atom. The van der Waals surface area contributed by atoms with Crippen molar-refractivity contribution in [2.45, 2.75) is 96.6 Å². The number of hydrogen-bond acceptors (Lipinski definition) is 3. The summed E-state index contributed by atoms with van der Waals surface area (Å²) in [5, 5.41) is 12.6. The van der Waals surface area contributed by atoms with Crippen LogP contribution in [0, 0.1) is 0 Å². The molecule has 0 spiro atoms. The first kappa shape index (κ1) is 19.9. The molecule has 1 fully saturated rings. The maximum Gasteiger partial charge on any atom is 0.0598 e. The monoisotopic (exact) mass is 312 g/mol. The average Bonchev–Trinajstić information content (AvgIpc) is 2.96. The summed E-state index contributed by atoms with van der Waals surface area (Å²) in [6.45, 7) is 5.59. The third-order valence-electron chi connectivity index (χ3n) is 4.94. The van der Waals surface area contributed by atoms with Crippen molar-refractivity contribution in [3.8, 4) is 0 Å². The highest BCUT2D eigenvalue weighted by Crippen LogP contribution is 2.15. The Morgan fingerprint density at radius 1 is 0.864 bits per heavy atom. The van der Waals surface area contributed by atoms with Crippen molar-refractivity contribution in [2.24, 2.45) is 0 Å². The Labute approximate surface area is 138 Å². The first-order valence-corrected chi connectivity index (χ1v) is 9.96. The number of aliphatic hydroxyl groups is 1. The van der Waals surface area contributed by atoms with E-state index in [9.17, 15) is 0 Å². The van der Waals surface area contributed by atoms with Crippen molar-refractivity contribution in [3.63, 3.8) is 0 Å². The van der Waals surface area contributed by atoms with Crippen molar-refractivity contribution in [2.75, 3.05) is 26.2 Å². The fraction of sp³-hybridized carbons (Fsp3) is 1.00. The van der Waals surface area contributed by atoms with Gasteiger partial charge in [0.2, 0.25) is 0 Å². The van der Waals surface area contributed by atoms with Crippen LogP contribution in [0.2, 0.25) is 0 Å². The summed E-state index contributed by atoms with van der Waals surface area (Å²) in [6, 6.07) is 0. The van der Waals surface area contributed by atoms with E-state index in [2.05, 4.69) is 17.1 Å². The molecule has 1 atom stereocenters. The average molecular weight is 313 g/mol. The molecule has 3 nitrogen and oxygen atoms in total. The molecule has 1 heterocycles. The van der Waals surface area contributed by atoms with Gasteiger partial charge in [0.05, 0.1) is 12.8 Å². The van der Waals surface area contributed by atoms with E-state index >= 15 is 0 Å². The molecule has 0 amide bonds. The van der Waals surface area contributed by atoms with E-state index in [0.29, 0.717) is 6.17 Å². The second kappa shape index (κ2) is 14.5. The number of hydrogen-bond donors (Lipinski definition) is 2. The minimum atomic E-state index is 0.288. The van der Waals surface area contributed by atoms with Crippen LogP contribution in [-0.2, 0) is 0 Å². The van der Waals surface area contributed by atoms with Crippen molar-refractivity contribution in [1.82, 2.24) is 10.2 Å². The van der Waals surface area contributed by atoms with E-state index in [4.69, 9.17) is 5.11 Å². The molecule has 1 aliphatic heterocycles. The highest BCUT2D eigenvalue weighted by atomic mass is 16.3. The van der Waals surface area contributed by atoms with Gasteiger partial charge < -0.3 is 10.4 Å². The van der Waals surface area contributed by atoms with E-state index in [0.717, 1.165) is 19.6 Å². The standard InChI is InChI=1S/C19H40N2O/c1-2-3-4-5-6-7-8-9-10-11-12-13-14-19-20-15-16-21(19)17-18-22/h19-20,22H,2-18H2,1H3. The number of β-amino-alcohol motifs (C(OH)–C–C–N with tert-alkyl or cyclic N) is 1. The van der Waals surface area contributed by atoms with Gasteiger partial charge in [-0.2, -0.15) is 0 Å². The third-order valence-corrected chi connectivity index (χ3v) is 4.94. The van der Waals surface area contributed by atoms with Gasteiger partial charge in [0, 0.05) is 19.6 Å². The summed E-state index contributed by atoms with van der Waals surface area (Å²) >= 11 is 0. The van der Waals surface area contributed by atoms with Crippen molar-refractivity contribution < 1.29 is 5.11 Å². The molecule has 1 rings (SSSR count). The van der Waals surface area contributed by atoms with Gasteiger partial charge in [-0.15, -0.1) is 0 Å². The summed E-state index contributed by atoms with van der Waals surface area (Å²) in [5.74, 6) is 0. The lowest BCUT2D eigenvalue weighted by molar-refractivity contribution is 0.171. The van der Waals surface area contributed by atoms with E-state index in [1.165, 1.54) is 83.5 Å². The minimum Gasteiger partial charge on any atom is -0.395 e. The molecule has 0 saturated carbocycles. The molecule has 132 valence electrons. The summed E-state index contributed by atoms with van der Waals surface area (Å²) < 4.78 is 0. The molecule has 1 aliphatic rings. The van der Waals surface area contributed by atoms with Crippen LogP contribution < -0.4 is 5.32 Å².